The molecular weight excluding hydrogens is 228 g/mol. The molecule has 0 saturated heterocycles. The van der Waals surface area contributed by atoms with E-state index in [-0.39, 0.29) is 24.4 Å². The normalized spacial score (nSPS) is 8.47. The summed E-state index contributed by atoms with van der Waals surface area (Å²) in [6.07, 6.45) is 0. The van der Waals surface area contributed by atoms with E-state index < -0.39 is 18.7 Å². The summed E-state index contributed by atoms with van der Waals surface area (Å²) >= 11 is 0. The number of aliphatic hydroxyl groups is 2. The third-order valence-corrected chi connectivity index (χ3v) is 1.18. The second kappa shape index (κ2) is 10.8. The standard InChI is InChI=1S/C9H12O4.C2H6O2/c1-6(2)8(10)12-5-13-9(11)7(3)4;3-1-2-4/h1,3,5H2,2,4H3;3-4H,1-2H2. The Morgan fingerprint density at radius 1 is 0.941 bits per heavy atom. The van der Waals surface area contributed by atoms with Crippen molar-refractivity contribution < 1.29 is 29.3 Å². The van der Waals surface area contributed by atoms with Crippen molar-refractivity contribution in [2.75, 3.05) is 20.0 Å². The number of esters is 2. The van der Waals surface area contributed by atoms with E-state index in [1.165, 1.54) is 13.8 Å². The van der Waals surface area contributed by atoms with Crippen molar-refractivity contribution in [3.8, 4) is 0 Å². The van der Waals surface area contributed by atoms with Gasteiger partial charge in [-0.2, -0.15) is 0 Å². The van der Waals surface area contributed by atoms with Crippen molar-refractivity contribution in [2.24, 2.45) is 0 Å². The summed E-state index contributed by atoms with van der Waals surface area (Å²) in [5.74, 6) is -1.18. The molecular formula is C11H18O6. The maximum Gasteiger partial charge on any atom is 0.335 e. The molecule has 0 atom stereocenters. The van der Waals surface area contributed by atoms with Crippen LogP contribution in [0.25, 0.3) is 0 Å². The smallest absolute Gasteiger partial charge is 0.335 e. The molecule has 0 rings (SSSR count). The number of hydrogen-bond donors (Lipinski definition) is 2. The summed E-state index contributed by atoms with van der Waals surface area (Å²) in [4.78, 5) is 21.5. The highest BCUT2D eigenvalue weighted by atomic mass is 16.7. The summed E-state index contributed by atoms with van der Waals surface area (Å²) in [6.45, 7) is 9.06. The highest BCUT2D eigenvalue weighted by Crippen LogP contribution is 1.95. The maximum absolute atomic E-state index is 10.8. The molecule has 0 radical (unpaired) electrons. The van der Waals surface area contributed by atoms with Gasteiger partial charge in [0.1, 0.15) is 0 Å². The van der Waals surface area contributed by atoms with Crippen molar-refractivity contribution in [1.29, 1.82) is 0 Å². The van der Waals surface area contributed by atoms with Crippen molar-refractivity contribution in [2.45, 2.75) is 13.8 Å². The van der Waals surface area contributed by atoms with Crippen molar-refractivity contribution >= 4 is 11.9 Å². The fraction of sp³-hybridized carbons (Fsp3) is 0.455. The van der Waals surface area contributed by atoms with Gasteiger partial charge in [0.25, 0.3) is 0 Å². The highest BCUT2D eigenvalue weighted by Gasteiger charge is 2.06. The molecule has 0 saturated carbocycles. The van der Waals surface area contributed by atoms with Crippen LogP contribution in [0.4, 0.5) is 0 Å². The quantitative estimate of drug-likeness (QED) is 0.407. The average Bonchev–Trinajstić information content (AvgIpc) is 2.28. The number of carbonyl (C=O) groups excluding carboxylic acids is 2. The van der Waals surface area contributed by atoms with E-state index >= 15 is 0 Å². The minimum absolute atomic E-state index is 0.125. The van der Waals surface area contributed by atoms with E-state index in [0.29, 0.717) is 0 Å². The summed E-state index contributed by atoms with van der Waals surface area (Å²) in [6, 6.07) is 0. The van der Waals surface area contributed by atoms with E-state index in [1.54, 1.807) is 0 Å². The largest absolute Gasteiger partial charge is 0.425 e. The van der Waals surface area contributed by atoms with Crippen LogP contribution in [0.3, 0.4) is 0 Å². The number of aliphatic hydroxyl groups excluding tert-OH is 2. The lowest BCUT2D eigenvalue weighted by molar-refractivity contribution is -0.161. The van der Waals surface area contributed by atoms with Gasteiger partial charge in [0.2, 0.25) is 6.79 Å². The van der Waals surface area contributed by atoms with Crippen LogP contribution in [0.15, 0.2) is 24.3 Å². The van der Waals surface area contributed by atoms with Gasteiger partial charge in [-0.3, -0.25) is 0 Å². The lowest BCUT2D eigenvalue weighted by Crippen LogP contribution is -2.13. The molecule has 0 aliphatic rings. The Balaban J connectivity index is 0. The third-order valence-electron chi connectivity index (χ3n) is 1.18. The molecule has 0 aliphatic carbocycles. The average molecular weight is 246 g/mol. The molecule has 0 fully saturated rings. The first-order valence-electron chi connectivity index (χ1n) is 4.73. The van der Waals surface area contributed by atoms with E-state index in [2.05, 4.69) is 22.6 Å². The van der Waals surface area contributed by atoms with Gasteiger partial charge in [-0.25, -0.2) is 9.59 Å². The number of carbonyl (C=O) groups is 2. The zero-order valence-electron chi connectivity index (χ0n) is 10.1. The van der Waals surface area contributed by atoms with E-state index in [0.717, 1.165) is 0 Å². The van der Waals surface area contributed by atoms with Gasteiger partial charge in [0, 0.05) is 11.1 Å². The Hall–Kier alpha value is -1.66. The van der Waals surface area contributed by atoms with Crippen molar-refractivity contribution in [3.05, 3.63) is 24.3 Å². The molecule has 17 heavy (non-hydrogen) atoms. The minimum Gasteiger partial charge on any atom is -0.425 e. The highest BCUT2D eigenvalue weighted by molar-refractivity contribution is 5.88. The lowest BCUT2D eigenvalue weighted by atomic mass is 10.4. The number of ether oxygens (including phenoxy) is 2. The Labute approximate surface area is 100 Å². The van der Waals surface area contributed by atoms with Crippen molar-refractivity contribution in [3.63, 3.8) is 0 Å². The molecule has 0 bridgehead atoms. The first kappa shape index (κ1) is 17.7. The topological polar surface area (TPSA) is 93.1 Å². The third kappa shape index (κ3) is 12.3. The zero-order chi connectivity index (χ0) is 13.8. The first-order valence-corrected chi connectivity index (χ1v) is 4.73. The van der Waals surface area contributed by atoms with Crippen LogP contribution in [-0.2, 0) is 19.1 Å². The Bertz CT molecular complexity index is 254. The summed E-state index contributed by atoms with van der Waals surface area (Å²) < 4.78 is 9.00. The van der Waals surface area contributed by atoms with E-state index in [1.807, 2.05) is 0 Å². The monoisotopic (exact) mass is 246 g/mol. The van der Waals surface area contributed by atoms with Gasteiger partial charge >= 0.3 is 11.9 Å². The van der Waals surface area contributed by atoms with Crippen LogP contribution < -0.4 is 0 Å². The van der Waals surface area contributed by atoms with Gasteiger partial charge < -0.3 is 19.7 Å². The predicted octanol–water partition coefficient (Wildman–Crippen LogP) is 0.153. The van der Waals surface area contributed by atoms with E-state index in [9.17, 15) is 9.59 Å². The Kier molecular flexibility index (Phi) is 11.3. The molecule has 2 N–H and O–H groups in total. The summed E-state index contributed by atoms with van der Waals surface area (Å²) in [5.41, 5.74) is 0.512. The Morgan fingerprint density at radius 3 is 1.41 bits per heavy atom. The molecule has 0 spiro atoms. The SMILES string of the molecule is C=C(C)C(=O)OCOC(=O)C(=C)C.OCCO. The molecule has 0 aliphatic heterocycles. The number of hydrogen-bond acceptors (Lipinski definition) is 6. The zero-order valence-corrected chi connectivity index (χ0v) is 10.1. The summed E-state index contributed by atoms with van der Waals surface area (Å²) in [5, 5.41) is 15.2. The first-order chi connectivity index (χ1) is 7.86. The van der Waals surface area contributed by atoms with Crippen LogP contribution in [0, 0.1) is 0 Å². The second-order valence-electron chi connectivity index (χ2n) is 2.99. The van der Waals surface area contributed by atoms with E-state index in [4.69, 9.17) is 10.2 Å². The molecule has 98 valence electrons. The summed E-state index contributed by atoms with van der Waals surface area (Å²) in [7, 11) is 0. The predicted molar refractivity (Wildman–Crippen MR) is 60.9 cm³/mol. The maximum atomic E-state index is 10.8. The molecule has 0 amide bonds. The molecule has 0 unspecified atom stereocenters. The molecule has 0 aromatic heterocycles. The fourth-order valence-electron chi connectivity index (χ4n) is 0.383. The van der Waals surface area contributed by atoms with Gasteiger partial charge in [-0.1, -0.05) is 13.2 Å². The van der Waals surface area contributed by atoms with Crippen LogP contribution in [0.1, 0.15) is 13.8 Å². The van der Waals surface area contributed by atoms with Gasteiger partial charge in [0.15, 0.2) is 0 Å². The van der Waals surface area contributed by atoms with Crippen LogP contribution in [-0.4, -0.2) is 42.2 Å². The van der Waals surface area contributed by atoms with Gasteiger partial charge in [-0.15, -0.1) is 0 Å². The van der Waals surface area contributed by atoms with Gasteiger partial charge in [0.05, 0.1) is 13.2 Å². The van der Waals surface area contributed by atoms with Crippen molar-refractivity contribution in [1.82, 2.24) is 0 Å². The van der Waals surface area contributed by atoms with Crippen LogP contribution in [0.2, 0.25) is 0 Å². The number of rotatable bonds is 5. The molecule has 6 nitrogen and oxygen atoms in total. The van der Waals surface area contributed by atoms with Crippen LogP contribution >= 0.6 is 0 Å². The Morgan fingerprint density at radius 2 is 1.24 bits per heavy atom. The van der Waals surface area contributed by atoms with Gasteiger partial charge in [-0.05, 0) is 13.8 Å². The molecule has 0 aromatic rings. The second-order valence-corrected chi connectivity index (χ2v) is 2.99. The van der Waals surface area contributed by atoms with Crippen LogP contribution in [0.5, 0.6) is 0 Å². The molecule has 6 heteroatoms. The fourth-order valence-corrected chi connectivity index (χ4v) is 0.383. The molecule has 0 heterocycles. The molecule has 0 aromatic carbocycles. The minimum atomic E-state index is -0.588. The lowest BCUT2D eigenvalue weighted by Gasteiger charge is -2.04.